The summed E-state index contributed by atoms with van der Waals surface area (Å²) < 4.78 is 7.01. The minimum atomic E-state index is -0.454. The van der Waals surface area contributed by atoms with Gasteiger partial charge in [0.1, 0.15) is 0 Å². The molecule has 0 atom stereocenters. The number of anilines is 2. The van der Waals surface area contributed by atoms with Gasteiger partial charge >= 0.3 is 5.69 Å². The molecule has 20 heavy (non-hydrogen) atoms. The number of nitrogens with one attached hydrogen (secondary N) is 1. The zero-order valence-corrected chi connectivity index (χ0v) is 11.6. The minimum Gasteiger partial charge on any atom is -0.487 e. The topological polar surface area (TPSA) is 82.2 Å². The van der Waals surface area contributed by atoms with Crippen molar-refractivity contribution in [2.24, 2.45) is 7.05 Å². The van der Waals surface area contributed by atoms with Crippen LogP contribution in [0.3, 0.4) is 0 Å². The van der Waals surface area contributed by atoms with Crippen LogP contribution in [0.15, 0.2) is 24.4 Å². The largest absolute Gasteiger partial charge is 0.487 e. The van der Waals surface area contributed by atoms with Crippen molar-refractivity contribution in [3.05, 3.63) is 40.2 Å². The molecule has 0 saturated carbocycles. The molecule has 0 spiro atoms. The standard InChI is InChI=1S/C13H16N4O3/c1-4-20-13-7-10(5-6-12(13)17(18)19)14-11-8-16(3)15-9(11)2/h5-8,14H,4H2,1-3H3. The molecule has 2 rings (SSSR count). The highest BCUT2D eigenvalue weighted by molar-refractivity contribution is 5.65. The molecule has 0 aliphatic rings. The van der Waals surface area contributed by atoms with Crippen molar-refractivity contribution in [2.75, 3.05) is 11.9 Å². The third kappa shape index (κ3) is 2.87. The second-order valence-electron chi connectivity index (χ2n) is 4.30. The maximum Gasteiger partial charge on any atom is 0.311 e. The Kier molecular flexibility index (Phi) is 3.88. The molecule has 0 radical (unpaired) electrons. The molecule has 1 N–H and O–H groups in total. The summed E-state index contributed by atoms with van der Waals surface area (Å²) in [5.74, 6) is 0.254. The van der Waals surface area contributed by atoms with Gasteiger partial charge in [-0.3, -0.25) is 14.8 Å². The summed E-state index contributed by atoms with van der Waals surface area (Å²) in [6.45, 7) is 4.04. The fourth-order valence-corrected chi connectivity index (χ4v) is 1.89. The molecule has 0 aliphatic carbocycles. The quantitative estimate of drug-likeness (QED) is 0.670. The molecule has 1 aromatic carbocycles. The lowest BCUT2D eigenvalue weighted by molar-refractivity contribution is -0.385. The van der Waals surface area contributed by atoms with E-state index in [9.17, 15) is 10.1 Å². The smallest absolute Gasteiger partial charge is 0.311 e. The van der Waals surface area contributed by atoms with Crippen LogP contribution in [-0.2, 0) is 7.05 Å². The van der Waals surface area contributed by atoms with Gasteiger partial charge in [0.2, 0.25) is 0 Å². The van der Waals surface area contributed by atoms with Crippen LogP contribution in [0.4, 0.5) is 17.1 Å². The molecule has 7 heteroatoms. The van der Waals surface area contributed by atoms with Crippen LogP contribution in [0, 0.1) is 17.0 Å². The number of ether oxygens (including phenoxy) is 1. The lowest BCUT2D eigenvalue weighted by Crippen LogP contribution is -1.99. The average Bonchev–Trinajstić information content (AvgIpc) is 2.68. The lowest BCUT2D eigenvalue weighted by atomic mass is 10.2. The van der Waals surface area contributed by atoms with Crippen molar-refractivity contribution in [1.29, 1.82) is 0 Å². The minimum absolute atomic E-state index is 0.0414. The number of hydrogen-bond donors (Lipinski definition) is 1. The monoisotopic (exact) mass is 276 g/mol. The van der Waals surface area contributed by atoms with Gasteiger partial charge in [0.15, 0.2) is 5.75 Å². The molecule has 1 heterocycles. The number of rotatable bonds is 5. The maximum atomic E-state index is 10.9. The molecular weight excluding hydrogens is 260 g/mol. The van der Waals surface area contributed by atoms with Crippen molar-refractivity contribution in [3.63, 3.8) is 0 Å². The summed E-state index contributed by atoms with van der Waals surface area (Å²) in [5, 5.41) is 18.3. The van der Waals surface area contributed by atoms with Gasteiger partial charge in [-0.05, 0) is 19.9 Å². The van der Waals surface area contributed by atoms with Gasteiger partial charge in [-0.15, -0.1) is 0 Å². The number of aryl methyl sites for hydroxylation is 2. The predicted octanol–water partition coefficient (Wildman–Crippen LogP) is 2.78. The van der Waals surface area contributed by atoms with Crippen molar-refractivity contribution in [2.45, 2.75) is 13.8 Å². The van der Waals surface area contributed by atoms with E-state index in [4.69, 9.17) is 4.74 Å². The van der Waals surface area contributed by atoms with E-state index in [0.717, 1.165) is 17.1 Å². The zero-order chi connectivity index (χ0) is 14.7. The number of nitrogens with zero attached hydrogens (tertiary/aromatic N) is 3. The molecule has 0 bridgehead atoms. The van der Waals surface area contributed by atoms with Gasteiger partial charge in [0.05, 0.1) is 22.9 Å². The van der Waals surface area contributed by atoms with Gasteiger partial charge in [0.25, 0.3) is 0 Å². The number of benzene rings is 1. The molecule has 0 fully saturated rings. The van der Waals surface area contributed by atoms with Gasteiger partial charge in [-0.1, -0.05) is 0 Å². The Morgan fingerprint density at radius 2 is 2.25 bits per heavy atom. The number of nitro groups is 1. The van der Waals surface area contributed by atoms with Crippen molar-refractivity contribution in [1.82, 2.24) is 9.78 Å². The van der Waals surface area contributed by atoms with Crippen LogP contribution in [0.5, 0.6) is 5.75 Å². The third-order valence-corrected chi connectivity index (χ3v) is 2.75. The van der Waals surface area contributed by atoms with E-state index < -0.39 is 4.92 Å². The fourth-order valence-electron chi connectivity index (χ4n) is 1.89. The first-order valence-corrected chi connectivity index (χ1v) is 6.19. The Balaban J connectivity index is 2.31. The Hall–Kier alpha value is -2.57. The molecule has 2 aromatic rings. The van der Waals surface area contributed by atoms with Crippen molar-refractivity contribution >= 4 is 17.1 Å². The van der Waals surface area contributed by atoms with E-state index in [0.29, 0.717) is 6.61 Å². The van der Waals surface area contributed by atoms with E-state index >= 15 is 0 Å². The number of nitro benzene ring substituents is 1. The molecule has 0 aliphatic heterocycles. The fraction of sp³-hybridized carbons (Fsp3) is 0.308. The second kappa shape index (κ2) is 5.60. The highest BCUT2D eigenvalue weighted by Crippen LogP contribution is 2.31. The maximum absolute atomic E-state index is 10.9. The predicted molar refractivity (Wildman–Crippen MR) is 75.5 cm³/mol. The van der Waals surface area contributed by atoms with Gasteiger partial charge in [-0.2, -0.15) is 5.10 Å². The Morgan fingerprint density at radius 3 is 2.80 bits per heavy atom. The summed E-state index contributed by atoms with van der Waals surface area (Å²) >= 11 is 0. The van der Waals surface area contributed by atoms with Crippen LogP contribution in [0.2, 0.25) is 0 Å². The van der Waals surface area contributed by atoms with Gasteiger partial charge in [0, 0.05) is 31.1 Å². The molecule has 7 nitrogen and oxygen atoms in total. The van der Waals surface area contributed by atoms with E-state index in [1.54, 1.807) is 23.7 Å². The van der Waals surface area contributed by atoms with E-state index in [1.165, 1.54) is 6.07 Å². The van der Waals surface area contributed by atoms with Gasteiger partial charge in [-0.25, -0.2) is 0 Å². The SMILES string of the molecule is CCOc1cc(Nc2cn(C)nc2C)ccc1[N+](=O)[O-]. The van der Waals surface area contributed by atoms with E-state index in [1.807, 2.05) is 20.2 Å². The van der Waals surface area contributed by atoms with E-state index in [2.05, 4.69) is 10.4 Å². The van der Waals surface area contributed by atoms with Crippen molar-refractivity contribution in [3.8, 4) is 5.75 Å². The zero-order valence-electron chi connectivity index (χ0n) is 11.6. The Morgan fingerprint density at radius 1 is 1.50 bits per heavy atom. The summed E-state index contributed by atoms with van der Waals surface area (Å²) in [7, 11) is 1.83. The Bertz CT molecular complexity index is 637. The summed E-state index contributed by atoms with van der Waals surface area (Å²) in [5.41, 5.74) is 2.38. The first-order valence-electron chi connectivity index (χ1n) is 6.19. The Labute approximate surface area is 116 Å². The van der Waals surface area contributed by atoms with E-state index in [-0.39, 0.29) is 11.4 Å². The molecular formula is C13H16N4O3. The molecule has 106 valence electrons. The van der Waals surface area contributed by atoms with Gasteiger partial charge < -0.3 is 10.1 Å². The van der Waals surface area contributed by atoms with Crippen LogP contribution in [-0.4, -0.2) is 21.3 Å². The first kappa shape index (κ1) is 13.9. The van der Waals surface area contributed by atoms with Crippen LogP contribution in [0.1, 0.15) is 12.6 Å². The number of aromatic nitrogens is 2. The normalized spacial score (nSPS) is 10.3. The van der Waals surface area contributed by atoms with Crippen LogP contribution >= 0.6 is 0 Å². The highest BCUT2D eigenvalue weighted by Gasteiger charge is 2.15. The lowest BCUT2D eigenvalue weighted by Gasteiger charge is -2.08. The molecule has 0 unspecified atom stereocenters. The van der Waals surface area contributed by atoms with Crippen LogP contribution < -0.4 is 10.1 Å². The second-order valence-corrected chi connectivity index (χ2v) is 4.30. The molecule has 1 aromatic heterocycles. The molecule has 0 saturated heterocycles. The number of hydrogen-bond acceptors (Lipinski definition) is 5. The summed E-state index contributed by atoms with van der Waals surface area (Å²) in [6, 6.07) is 4.69. The van der Waals surface area contributed by atoms with Crippen molar-refractivity contribution < 1.29 is 9.66 Å². The average molecular weight is 276 g/mol. The third-order valence-electron chi connectivity index (χ3n) is 2.75. The highest BCUT2D eigenvalue weighted by atomic mass is 16.6. The molecule has 0 amide bonds. The first-order chi connectivity index (χ1) is 9.51. The summed E-state index contributed by atoms with van der Waals surface area (Å²) in [6.07, 6.45) is 1.84. The summed E-state index contributed by atoms with van der Waals surface area (Å²) in [4.78, 5) is 10.5. The van der Waals surface area contributed by atoms with Crippen LogP contribution in [0.25, 0.3) is 0 Å².